The topological polar surface area (TPSA) is 49.1 Å². The molecule has 0 bridgehead atoms. The SMILES string of the molecule is Cc1ccc(OCc2cccc(OC=O)c2)c(Cl)c1.[C-]#[N+]c1cccc(COc2ccc(C)cc2Cl)c1. The van der Waals surface area contributed by atoms with Crippen LogP contribution in [0.15, 0.2) is 84.9 Å². The number of aryl methyl sites for hydroxylation is 2. The lowest BCUT2D eigenvalue weighted by atomic mass is 10.2. The van der Waals surface area contributed by atoms with Gasteiger partial charge in [-0.2, -0.15) is 0 Å². The Morgan fingerprint density at radius 2 is 1.30 bits per heavy atom. The molecule has 0 radical (unpaired) electrons. The molecule has 0 aromatic heterocycles. The van der Waals surface area contributed by atoms with E-state index in [1.807, 2.05) is 74.5 Å². The van der Waals surface area contributed by atoms with Crippen LogP contribution >= 0.6 is 23.2 Å². The maximum absolute atomic E-state index is 10.3. The smallest absolute Gasteiger partial charge is 0.298 e. The van der Waals surface area contributed by atoms with Crippen molar-refractivity contribution < 1.29 is 19.0 Å². The molecule has 188 valence electrons. The summed E-state index contributed by atoms with van der Waals surface area (Å²) in [4.78, 5) is 13.7. The summed E-state index contributed by atoms with van der Waals surface area (Å²) in [7, 11) is 0. The van der Waals surface area contributed by atoms with E-state index >= 15 is 0 Å². The van der Waals surface area contributed by atoms with Gasteiger partial charge in [0.15, 0.2) is 5.69 Å². The van der Waals surface area contributed by atoms with Crippen molar-refractivity contribution in [3.8, 4) is 17.2 Å². The van der Waals surface area contributed by atoms with Crippen LogP contribution in [-0.2, 0) is 18.0 Å². The molecule has 0 fully saturated rings. The normalized spacial score (nSPS) is 9.92. The number of ether oxygens (including phenoxy) is 3. The summed E-state index contributed by atoms with van der Waals surface area (Å²) in [5.41, 5.74) is 4.66. The van der Waals surface area contributed by atoms with Crippen LogP contribution in [0.4, 0.5) is 5.69 Å². The average Bonchev–Trinajstić information content (AvgIpc) is 2.89. The Balaban J connectivity index is 0.000000206. The van der Waals surface area contributed by atoms with E-state index in [2.05, 4.69) is 4.85 Å². The second-order valence-electron chi connectivity index (χ2n) is 8.09. The molecule has 37 heavy (non-hydrogen) atoms. The molecule has 4 aromatic carbocycles. The van der Waals surface area contributed by atoms with Crippen molar-refractivity contribution >= 4 is 35.4 Å². The number of hydrogen-bond acceptors (Lipinski definition) is 4. The van der Waals surface area contributed by atoms with E-state index in [-0.39, 0.29) is 0 Å². The zero-order chi connectivity index (χ0) is 26.6. The Morgan fingerprint density at radius 1 is 0.757 bits per heavy atom. The van der Waals surface area contributed by atoms with Crippen LogP contribution in [-0.4, -0.2) is 6.47 Å². The molecule has 7 heteroatoms. The van der Waals surface area contributed by atoms with Gasteiger partial charge in [-0.1, -0.05) is 65.7 Å². The highest BCUT2D eigenvalue weighted by Crippen LogP contribution is 2.27. The van der Waals surface area contributed by atoms with Crippen LogP contribution in [0.3, 0.4) is 0 Å². The molecule has 5 nitrogen and oxygen atoms in total. The molecule has 0 atom stereocenters. The van der Waals surface area contributed by atoms with E-state index < -0.39 is 0 Å². The number of carbonyl (C=O) groups is 1. The van der Waals surface area contributed by atoms with Gasteiger partial charge in [-0.25, -0.2) is 4.85 Å². The first-order chi connectivity index (χ1) is 17.9. The molecule has 4 rings (SSSR count). The van der Waals surface area contributed by atoms with Crippen molar-refractivity contribution in [3.63, 3.8) is 0 Å². The van der Waals surface area contributed by atoms with Gasteiger partial charge in [0.2, 0.25) is 0 Å². The molecule has 0 N–H and O–H groups in total. The summed E-state index contributed by atoms with van der Waals surface area (Å²) in [5, 5.41) is 1.19. The van der Waals surface area contributed by atoms with E-state index in [0.717, 1.165) is 22.3 Å². The monoisotopic (exact) mass is 533 g/mol. The van der Waals surface area contributed by atoms with E-state index in [0.29, 0.717) is 52.7 Å². The van der Waals surface area contributed by atoms with Gasteiger partial charge >= 0.3 is 0 Å². The van der Waals surface area contributed by atoms with Crippen LogP contribution in [0.1, 0.15) is 22.3 Å². The molecule has 0 saturated heterocycles. The third-order valence-electron chi connectivity index (χ3n) is 5.09. The average molecular weight is 534 g/mol. The van der Waals surface area contributed by atoms with Crippen molar-refractivity contribution in [1.29, 1.82) is 0 Å². The fourth-order valence-electron chi connectivity index (χ4n) is 3.25. The van der Waals surface area contributed by atoms with Crippen molar-refractivity contribution in [1.82, 2.24) is 0 Å². The Hall–Kier alpha value is -3.98. The minimum Gasteiger partial charge on any atom is -0.487 e. The second kappa shape index (κ2) is 13.9. The first-order valence-electron chi connectivity index (χ1n) is 11.3. The minimum atomic E-state index is 0.360. The molecule has 0 unspecified atom stereocenters. The van der Waals surface area contributed by atoms with Crippen LogP contribution in [0.5, 0.6) is 17.2 Å². The van der Waals surface area contributed by atoms with E-state index in [9.17, 15) is 4.79 Å². The van der Waals surface area contributed by atoms with Gasteiger partial charge in [-0.05, 0) is 78.6 Å². The highest BCUT2D eigenvalue weighted by Gasteiger charge is 2.04. The number of carbonyl (C=O) groups excluding carboxylic acids is 1. The highest BCUT2D eigenvalue weighted by atomic mass is 35.5. The lowest BCUT2D eigenvalue weighted by molar-refractivity contribution is -0.120. The van der Waals surface area contributed by atoms with Crippen molar-refractivity contribution in [3.05, 3.63) is 129 Å². The third kappa shape index (κ3) is 8.88. The zero-order valence-electron chi connectivity index (χ0n) is 20.4. The summed E-state index contributed by atoms with van der Waals surface area (Å²) in [6.45, 7) is 12.1. The first kappa shape index (κ1) is 27.6. The van der Waals surface area contributed by atoms with Gasteiger partial charge in [0, 0.05) is 0 Å². The molecule has 0 heterocycles. The second-order valence-corrected chi connectivity index (χ2v) is 8.90. The van der Waals surface area contributed by atoms with E-state index in [4.69, 9.17) is 44.0 Å². The number of nitrogens with zero attached hydrogens (tertiary/aromatic N) is 1. The summed E-state index contributed by atoms with van der Waals surface area (Å²) in [5.74, 6) is 1.79. The maximum Gasteiger partial charge on any atom is 0.298 e. The quantitative estimate of drug-likeness (QED) is 0.168. The van der Waals surface area contributed by atoms with Crippen LogP contribution in [0.2, 0.25) is 10.0 Å². The first-order valence-corrected chi connectivity index (χ1v) is 12.1. The van der Waals surface area contributed by atoms with E-state index in [1.54, 1.807) is 24.3 Å². The lowest BCUT2D eigenvalue weighted by Crippen LogP contribution is -1.97. The van der Waals surface area contributed by atoms with Gasteiger partial charge in [-0.3, -0.25) is 4.79 Å². The molecule has 0 aliphatic heterocycles. The van der Waals surface area contributed by atoms with Gasteiger partial charge in [0.25, 0.3) is 6.47 Å². The van der Waals surface area contributed by atoms with Gasteiger partial charge in [0.1, 0.15) is 30.5 Å². The number of halogens is 2. The van der Waals surface area contributed by atoms with Crippen molar-refractivity contribution in [2.75, 3.05) is 0 Å². The van der Waals surface area contributed by atoms with E-state index in [1.165, 1.54) is 0 Å². The zero-order valence-corrected chi connectivity index (χ0v) is 21.9. The van der Waals surface area contributed by atoms with Gasteiger partial charge < -0.3 is 14.2 Å². The highest BCUT2D eigenvalue weighted by molar-refractivity contribution is 6.32. The molecular formula is C30H25Cl2NO4. The Kier molecular flexibility index (Phi) is 10.4. The van der Waals surface area contributed by atoms with Crippen LogP contribution in [0, 0.1) is 20.4 Å². The number of hydrogen-bond donors (Lipinski definition) is 0. The Labute approximate surface area is 227 Å². The molecule has 4 aromatic rings. The molecule has 0 aliphatic carbocycles. The summed E-state index contributed by atoms with van der Waals surface area (Å²) in [6, 6.07) is 25.8. The predicted molar refractivity (Wildman–Crippen MR) is 147 cm³/mol. The number of rotatable bonds is 8. The summed E-state index contributed by atoms with van der Waals surface area (Å²) in [6.07, 6.45) is 0. The number of benzene rings is 4. The molecular weight excluding hydrogens is 509 g/mol. The minimum absolute atomic E-state index is 0.360. The largest absolute Gasteiger partial charge is 0.487 e. The van der Waals surface area contributed by atoms with Crippen molar-refractivity contribution in [2.24, 2.45) is 0 Å². The Bertz CT molecular complexity index is 1400. The molecule has 0 spiro atoms. The standard InChI is InChI=1S/C15H12ClNO.C15H13ClO3/c1-11-6-7-15(14(16)8-11)18-10-12-4-3-5-13(9-12)17-2;1-11-5-6-15(14(16)7-11)18-9-12-3-2-4-13(8-12)19-10-17/h3-9H,10H2,1H3;2-8,10H,9H2,1H3. The fourth-order valence-corrected chi connectivity index (χ4v) is 3.83. The predicted octanol–water partition coefficient (Wildman–Crippen LogP) is 8.54. The van der Waals surface area contributed by atoms with Crippen molar-refractivity contribution in [2.45, 2.75) is 27.1 Å². The molecule has 0 aliphatic rings. The summed E-state index contributed by atoms with van der Waals surface area (Å²) >= 11 is 12.2. The maximum atomic E-state index is 10.3. The van der Waals surface area contributed by atoms with Crippen LogP contribution in [0.25, 0.3) is 4.85 Å². The van der Waals surface area contributed by atoms with Crippen LogP contribution < -0.4 is 14.2 Å². The summed E-state index contributed by atoms with van der Waals surface area (Å²) < 4.78 is 16.1. The lowest BCUT2D eigenvalue weighted by Gasteiger charge is -2.09. The van der Waals surface area contributed by atoms with Gasteiger partial charge in [-0.15, -0.1) is 0 Å². The Morgan fingerprint density at radius 3 is 1.81 bits per heavy atom. The third-order valence-corrected chi connectivity index (χ3v) is 5.68. The fraction of sp³-hybridized carbons (Fsp3) is 0.133. The van der Waals surface area contributed by atoms with Gasteiger partial charge in [0.05, 0.1) is 16.6 Å². The molecule has 0 saturated carbocycles. The molecule has 0 amide bonds.